The summed E-state index contributed by atoms with van der Waals surface area (Å²) in [5, 5.41) is 2.47. The molecule has 0 amide bonds. The van der Waals surface area contributed by atoms with Crippen LogP contribution in [0.4, 0.5) is 0 Å². The van der Waals surface area contributed by atoms with Gasteiger partial charge < -0.3 is 10.7 Å². The largest absolute Gasteiger partial charge is 0.339 e. The Bertz CT molecular complexity index is 670. The Morgan fingerprint density at radius 3 is 2.94 bits per heavy atom. The quantitative estimate of drug-likeness (QED) is 0.688. The highest BCUT2D eigenvalue weighted by molar-refractivity contribution is 6.05. The third-order valence-corrected chi connectivity index (χ3v) is 3.35. The topological polar surface area (TPSA) is 54.7 Å². The van der Waals surface area contributed by atoms with Crippen LogP contribution >= 0.6 is 0 Å². The molecule has 0 spiro atoms. The predicted molar refractivity (Wildman–Crippen MR) is 75.6 cm³/mol. The van der Waals surface area contributed by atoms with Crippen molar-refractivity contribution in [2.24, 2.45) is 5.73 Å². The lowest BCUT2D eigenvalue weighted by molar-refractivity contribution is 0.745. The van der Waals surface area contributed by atoms with Crippen molar-refractivity contribution in [1.82, 2.24) is 9.97 Å². The van der Waals surface area contributed by atoms with Crippen LogP contribution in [-0.4, -0.2) is 16.5 Å². The first kappa shape index (κ1) is 11.2. The summed E-state index contributed by atoms with van der Waals surface area (Å²) in [5.74, 6) is 0. The first-order valence-electron chi connectivity index (χ1n) is 6.44. The molecule has 3 rings (SSSR count). The van der Waals surface area contributed by atoms with E-state index in [2.05, 4.69) is 34.2 Å². The van der Waals surface area contributed by atoms with Crippen LogP contribution in [0.15, 0.2) is 36.5 Å². The zero-order valence-electron chi connectivity index (χ0n) is 10.3. The summed E-state index contributed by atoms with van der Waals surface area (Å²) in [4.78, 5) is 7.69. The van der Waals surface area contributed by atoms with Crippen LogP contribution < -0.4 is 5.73 Å². The van der Waals surface area contributed by atoms with Gasteiger partial charge in [-0.3, -0.25) is 0 Å². The number of nitrogens with zero attached hydrogens (tertiary/aromatic N) is 1. The fourth-order valence-electron chi connectivity index (χ4n) is 2.40. The number of pyridine rings is 1. The zero-order valence-corrected chi connectivity index (χ0v) is 10.3. The summed E-state index contributed by atoms with van der Waals surface area (Å²) < 4.78 is 0. The number of unbranched alkanes of at least 4 members (excludes halogenated alkanes) is 1. The molecule has 0 aliphatic heterocycles. The molecular weight excluding hydrogens is 222 g/mol. The van der Waals surface area contributed by atoms with Crippen molar-refractivity contribution < 1.29 is 0 Å². The third-order valence-electron chi connectivity index (χ3n) is 3.35. The van der Waals surface area contributed by atoms with Gasteiger partial charge in [0.2, 0.25) is 0 Å². The van der Waals surface area contributed by atoms with E-state index in [0.29, 0.717) is 0 Å². The number of fused-ring (bicyclic) bond motifs is 3. The van der Waals surface area contributed by atoms with E-state index in [-0.39, 0.29) is 0 Å². The monoisotopic (exact) mass is 239 g/mol. The Balaban J connectivity index is 2.02. The number of aromatic amines is 1. The average Bonchev–Trinajstić information content (AvgIpc) is 2.77. The molecule has 0 atom stereocenters. The molecule has 0 bridgehead atoms. The smallest absolute Gasteiger partial charge is 0.138 e. The molecule has 0 aliphatic rings. The van der Waals surface area contributed by atoms with Gasteiger partial charge >= 0.3 is 0 Å². The molecule has 18 heavy (non-hydrogen) atoms. The van der Waals surface area contributed by atoms with E-state index in [0.717, 1.165) is 37.0 Å². The first-order chi connectivity index (χ1) is 8.88. The molecule has 0 saturated heterocycles. The fourth-order valence-corrected chi connectivity index (χ4v) is 2.40. The molecule has 3 nitrogen and oxygen atoms in total. The molecule has 0 fully saturated rings. The van der Waals surface area contributed by atoms with Crippen LogP contribution in [0.1, 0.15) is 18.4 Å². The summed E-state index contributed by atoms with van der Waals surface area (Å²) in [6, 6.07) is 10.7. The number of hydrogen-bond acceptors (Lipinski definition) is 2. The molecule has 92 valence electrons. The van der Waals surface area contributed by atoms with Crippen molar-refractivity contribution in [2.45, 2.75) is 19.3 Å². The Hall–Kier alpha value is -1.87. The lowest BCUT2D eigenvalue weighted by Gasteiger charge is -2.01. The minimum atomic E-state index is 0.777. The van der Waals surface area contributed by atoms with Crippen molar-refractivity contribution in [3.8, 4) is 0 Å². The summed E-state index contributed by atoms with van der Waals surface area (Å²) in [5.41, 5.74) is 9.03. The number of rotatable bonds is 4. The third kappa shape index (κ3) is 1.97. The molecule has 0 aliphatic carbocycles. The van der Waals surface area contributed by atoms with Crippen molar-refractivity contribution >= 4 is 21.9 Å². The molecule has 3 heteroatoms. The standard InChI is InChI=1S/C15H17N3/c16-8-2-1-4-11-6-7-14-13(10-11)12-5-3-9-17-15(12)18-14/h3,5-7,9-10H,1-2,4,8,16H2,(H,17,18). The van der Waals surface area contributed by atoms with Gasteiger partial charge in [-0.1, -0.05) is 6.07 Å². The second-order valence-electron chi connectivity index (χ2n) is 4.65. The van der Waals surface area contributed by atoms with Crippen LogP contribution in [0.25, 0.3) is 21.9 Å². The number of benzene rings is 1. The van der Waals surface area contributed by atoms with Crippen molar-refractivity contribution in [3.05, 3.63) is 42.1 Å². The summed E-state index contributed by atoms with van der Waals surface area (Å²) in [7, 11) is 0. The van der Waals surface area contributed by atoms with Crippen molar-refractivity contribution in [2.75, 3.05) is 6.54 Å². The highest BCUT2D eigenvalue weighted by Gasteiger charge is 2.05. The molecule has 3 N–H and O–H groups in total. The molecule has 3 aromatic rings. The summed E-state index contributed by atoms with van der Waals surface area (Å²) >= 11 is 0. The van der Waals surface area contributed by atoms with Gasteiger partial charge in [0.1, 0.15) is 5.65 Å². The van der Waals surface area contributed by atoms with Crippen LogP contribution in [0.5, 0.6) is 0 Å². The van der Waals surface area contributed by atoms with Gasteiger partial charge in [-0.2, -0.15) is 0 Å². The lowest BCUT2D eigenvalue weighted by atomic mass is 10.1. The second-order valence-corrected chi connectivity index (χ2v) is 4.65. The average molecular weight is 239 g/mol. The Kier molecular flexibility index (Phi) is 2.99. The van der Waals surface area contributed by atoms with E-state index in [1.807, 2.05) is 12.3 Å². The van der Waals surface area contributed by atoms with Gasteiger partial charge in [0, 0.05) is 22.5 Å². The minimum absolute atomic E-state index is 0.777. The van der Waals surface area contributed by atoms with Gasteiger partial charge in [0.05, 0.1) is 0 Å². The van der Waals surface area contributed by atoms with Crippen LogP contribution in [0.3, 0.4) is 0 Å². The van der Waals surface area contributed by atoms with Crippen LogP contribution in [0.2, 0.25) is 0 Å². The number of H-pyrrole nitrogens is 1. The SMILES string of the molecule is NCCCCc1ccc2[nH]c3ncccc3c2c1. The maximum Gasteiger partial charge on any atom is 0.138 e. The van der Waals surface area contributed by atoms with Gasteiger partial charge in [-0.05, 0) is 55.6 Å². The van der Waals surface area contributed by atoms with Gasteiger partial charge in [0.25, 0.3) is 0 Å². The van der Waals surface area contributed by atoms with Crippen LogP contribution in [-0.2, 0) is 6.42 Å². The van der Waals surface area contributed by atoms with Crippen molar-refractivity contribution in [1.29, 1.82) is 0 Å². The fraction of sp³-hybridized carbons (Fsp3) is 0.267. The van der Waals surface area contributed by atoms with Gasteiger partial charge in [0.15, 0.2) is 0 Å². The van der Waals surface area contributed by atoms with E-state index in [1.165, 1.54) is 16.3 Å². The van der Waals surface area contributed by atoms with Crippen molar-refractivity contribution in [3.63, 3.8) is 0 Å². The summed E-state index contributed by atoms with van der Waals surface area (Å²) in [6.45, 7) is 0.777. The summed E-state index contributed by atoms with van der Waals surface area (Å²) in [6.07, 6.45) is 5.16. The Morgan fingerprint density at radius 2 is 2.06 bits per heavy atom. The number of nitrogens with two attached hydrogens (primary N) is 1. The molecule has 2 aromatic heterocycles. The van der Waals surface area contributed by atoms with E-state index in [9.17, 15) is 0 Å². The lowest BCUT2D eigenvalue weighted by Crippen LogP contribution is -1.98. The predicted octanol–water partition coefficient (Wildman–Crippen LogP) is 3.00. The molecule has 0 saturated carbocycles. The molecule has 2 heterocycles. The maximum atomic E-state index is 5.53. The normalized spacial score (nSPS) is 11.4. The maximum absolute atomic E-state index is 5.53. The molecular formula is C15H17N3. The number of hydrogen-bond donors (Lipinski definition) is 2. The van der Waals surface area contributed by atoms with E-state index < -0.39 is 0 Å². The van der Waals surface area contributed by atoms with Crippen LogP contribution in [0, 0.1) is 0 Å². The highest BCUT2D eigenvalue weighted by atomic mass is 14.8. The number of aryl methyl sites for hydroxylation is 1. The molecule has 0 radical (unpaired) electrons. The zero-order chi connectivity index (χ0) is 12.4. The molecule has 0 unspecified atom stereocenters. The molecule has 1 aromatic carbocycles. The Labute approximate surface area is 106 Å². The highest BCUT2D eigenvalue weighted by Crippen LogP contribution is 2.25. The Morgan fingerprint density at radius 1 is 1.11 bits per heavy atom. The van der Waals surface area contributed by atoms with E-state index in [4.69, 9.17) is 5.73 Å². The van der Waals surface area contributed by atoms with E-state index >= 15 is 0 Å². The second kappa shape index (κ2) is 4.78. The van der Waals surface area contributed by atoms with Gasteiger partial charge in [-0.15, -0.1) is 0 Å². The number of nitrogens with one attached hydrogen (secondary N) is 1. The first-order valence-corrected chi connectivity index (χ1v) is 6.44. The minimum Gasteiger partial charge on any atom is -0.339 e. The van der Waals surface area contributed by atoms with E-state index in [1.54, 1.807) is 0 Å². The van der Waals surface area contributed by atoms with Gasteiger partial charge in [-0.25, -0.2) is 4.98 Å². The number of aromatic nitrogens is 2.